The van der Waals surface area contributed by atoms with Crippen LogP contribution in [-0.4, -0.2) is 12.1 Å². The van der Waals surface area contributed by atoms with Crippen molar-refractivity contribution in [2.24, 2.45) is 0 Å². The summed E-state index contributed by atoms with van der Waals surface area (Å²) in [6.07, 6.45) is 0. The Balaban J connectivity index is 0.00000169. The number of aromatic hydroxyl groups is 1. The quantitative estimate of drug-likeness (QED) is 0.615. The van der Waals surface area contributed by atoms with Gasteiger partial charge in [0.05, 0.1) is 0 Å². The molecule has 14 heavy (non-hydrogen) atoms. The van der Waals surface area contributed by atoms with Crippen molar-refractivity contribution in [1.82, 2.24) is 0 Å². The van der Waals surface area contributed by atoms with Crippen molar-refractivity contribution in [1.29, 1.82) is 0 Å². The summed E-state index contributed by atoms with van der Waals surface area (Å²) in [4.78, 5) is 0. The van der Waals surface area contributed by atoms with E-state index in [1.165, 1.54) is 13.8 Å². The third kappa shape index (κ3) is 3.27. The van der Waals surface area contributed by atoms with Gasteiger partial charge >= 0.3 is 58.4 Å². The maximum Gasteiger partial charge on any atom is 1.00 e. The normalized spacial score (nSPS) is 10.9. The van der Waals surface area contributed by atoms with Crippen LogP contribution >= 0.6 is 0 Å². The second kappa shape index (κ2) is 5.03. The van der Waals surface area contributed by atoms with Gasteiger partial charge in [0.25, 0.3) is 0 Å². The predicted octanol–water partition coefficient (Wildman–Crippen LogP) is -0.933. The van der Waals surface area contributed by atoms with Crippen molar-refractivity contribution < 1.29 is 69.4 Å². The molecule has 0 saturated heterocycles. The Morgan fingerprint density at radius 3 is 2.00 bits per heavy atom. The van der Waals surface area contributed by atoms with Crippen LogP contribution in [0.5, 0.6) is 5.75 Å². The molecular weight excluding hydrogens is 219 g/mol. The molecule has 0 atom stereocenters. The van der Waals surface area contributed by atoms with Gasteiger partial charge in [0.1, 0.15) is 5.75 Å². The largest absolute Gasteiger partial charge is 1.00 e. The van der Waals surface area contributed by atoms with Crippen LogP contribution in [-0.2, 0) is 0 Å². The Kier molecular flexibility index (Phi) is 5.21. The summed E-state index contributed by atoms with van der Waals surface area (Å²) in [6, 6.07) is 2.12. The van der Waals surface area contributed by atoms with Crippen molar-refractivity contribution in [2.45, 2.75) is 13.8 Å². The minimum atomic E-state index is -4.97. The van der Waals surface area contributed by atoms with E-state index in [-0.39, 0.29) is 68.3 Å². The number of hydrogen-bond acceptors (Lipinski definition) is 1. The van der Waals surface area contributed by atoms with E-state index in [9.17, 15) is 12.9 Å². The number of aryl methyl sites for hydroxylation is 2. The molecule has 0 aliphatic heterocycles. The summed E-state index contributed by atoms with van der Waals surface area (Å²) < 4.78 is 37.0. The van der Waals surface area contributed by atoms with Crippen molar-refractivity contribution in [3.63, 3.8) is 0 Å². The molecule has 0 fully saturated rings. The standard InChI is InChI=1S/C8H9BF3O.K/c1-5-4-8(13)6(2)3-7(5)9(10,11)12;/h3-4,13H,1-2H3;/q-1;+1. The summed E-state index contributed by atoms with van der Waals surface area (Å²) in [6.45, 7) is -2.19. The van der Waals surface area contributed by atoms with Gasteiger partial charge in [-0.1, -0.05) is 11.6 Å². The van der Waals surface area contributed by atoms with Gasteiger partial charge in [-0.15, -0.1) is 5.46 Å². The molecule has 0 radical (unpaired) electrons. The molecule has 1 nitrogen and oxygen atoms in total. The van der Waals surface area contributed by atoms with Crippen LogP contribution in [0.1, 0.15) is 11.1 Å². The van der Waals surface area contributed by atoms with Gasteiger partial charge in [0.15, 0.2) is 0 Å². The Morgan fingerprint density at radius 2 is 1.57 bits per heavy atom. The summed E-state index contributed by atoms with van der Waals surface area (Å²) >= 11 is 0. The molecule has 0 bridgehead atoms. The number of hydrogen-bond donors (Lipinski definition) is 1. The van der Waals surface area contributed by atoms with Crippen LogP contribution in [0.3, 0.4) is 0 Å². The van der Waals surface area contributed by atoms with E-state index in [0.717, 1.165) is 12.1 Å². The smallest absolute Gasteiger partial charge is 0.508 e. The van der Waals surface area contributed by atoms with Gasteiger partial charge in [0, 0.05) is 0 Å². The fourth-order valence-electron chi connectivity index (χ4n) is 1.18. The predicted molar refractivity (Wildman–Crippen MR) is 46.3 cm³/mol. The molecule has 0 amide bonds. The number of rotatable bonds is 1. The summed E-state index contributed by atoms with van der Waals surface area (Å²) in [5, 5.41) is 9.13. The van der Waals surface area contributed by atoms with Crippen molar-refractivity contribution in [3.05, 3.63) is 23.3 Å². The van der Waals surface area contributed by atoms with Crippen LogP contribution in [0.15, 0.2) is 12.1 Å². The maximum atomic E-state index is 12.3. The molecule has 1 rings (SSSR count). The molecule has 0 unspecified atom stereocenters. The van der Waals surface area contributed by atoms with E-state index in [2.05, 4.69) is 0 Å². The number of halogens is 3. The minimum absolute atomic E-state index is 0. The molecule has 0 spiro atoms. The van der Waals surface area contributed by atoms with E-state index in [1.807, 2.05) is 0 Å². The molecule has 1 aromatic carbocycles. The number of benzene rings is 1. The van der Waals surface area contributed by atoms with Crippen molar-refractivity contribution in [2.75, 3.05) is 0 Å². The molecule has 0 saturated carbocycles. The average molecular weight is 228 g/mol. The summed E-state index contributed by atoms with van der Waals surface area (Å²) in [5.74, 6) is -0.0960. The zero-order chi connectivity index (χ0) is 10.2. The van der Waals surface area contributed by atoms with Crippen LogP contribution in [0, 0.1) is 13.8 Å². The number of phenols is 1. The van der Waals surface area contributed by atoms with Gasteiger partial charge in [-0.25, -0.2) is 0 Å². The SMILES string of the molecule is Cc1cc([B-](F)(F)F)c(C)cc1O.[K+]. The van der Waals surface area contributed by atoms with Gasteiger partial charge in [-0.05, 0) is 25.5 Å². The molecule has 6 heteroatoms. The first-order chi connectivity index (χ1) is 5.82. The van der Waals surface area contributed by atoms with Crippen molar-refractivity contribution in [3.8, 4) is 5.75 Å². The average Bonchev–Trinajstić information content (AvgIpc) is 1.94. The zero-order valence-corrected chi connectivity index (χ0v) is 11.4. The second-order valence-corrected chi connectivity index (χ2v) is 3.07. The third-order valence-electron chi connectivity index (χ3n) is 1.94. The molecule has 0 heterocycles. The number of phenolic OH excluding ortho intramolecular Hbond substituents is 1. The Bertz CT molecular complexity index is 338. The van der Waals surface area contributed by atoms with Crippen LogP contribution < -0.4 is 56.8 Å². The minimum Gasteiger partial charge on any atom is -0.508 e. The Labute approximate surface area is 123 Å². The molecule has 0 aliphatic rings. The molecule has 72 valence electrons. The van der Waals surface area contributed by atoms with E-state index in [4.69, 9.17) is 5.11 Å². The van der Waals surface area contributed by atoms with E-state index in [1.54, 1.807) is 0 Å². The van der Waals surface area contributed by atoms with Crippen LogP contribution in [0.4, 0.5) is 12.9 Å². The van der Waals surface area contributed by atoms with Crippen LogP contribution in [0.25, 0.3) is 0 Å². The first-order valence-electron chi connectivity index (χ1n) is 3.82. The maximum absolute atomic E-state index is 12.3. The topological polar surface area (TPSA) is 20.2 Å². The van der Waals surface area contributed by atoms with Crippen molar-refractivity contribution >= 4 is 12.4 Å². The molecule has 0 aliphatic carbocycles. The molecule has 1 N–H and O–H groups in total. The fraction of sp³-hybridized carbons (Fsp3) is 0.250. The zero-order valence-electron chi connectivity index (χ0n) is 8.31. The van der Waals surface area contributed by atoms with E-state index in [0.29, 0.717) is 0 Å². The fourth-order valence-corrected chi connectivity index (χ4v) is 1.18. The first-order valence-corrected chi connectivity index (χ1v) is 3.82. The van der Waals surface area contributed by atoms with Gasteiger partial charge in [-0.2, -0.15) is 0 Å². The molecular formula is C8H9BF3KO. The van der Waals surface area contributed by atoms with E-state index >= 15 is 0 Å². The summed E-state index contributed by atoms with van der Waals surface area (Å²) in [5.41, 5.74) is -0.314. The molecule has 0 aromatic heterocycles. The second-order valence-electron chi connectivity index (χ2n) is 3.07. The van der Waals surface area contributed by atoms with Gasteiger partial charge < -0.3 is 18.1 Å². The van der Waals surface area contributed by atoms with E-state index < -0.39 is 12.4 Å². The third-order valence-corrected chi connectivity index (χ3v) is 1.94. The molecule has 1 aromatic rings. The van der Waals surface area contributed by atoms with Gasteiger partial charge in [0.2, 0.25) is 0 Å². The monoisotopic (exact) mass is 228 g/mol. The summed E-state index contributed by atoms with van der Waals surface area (Å²) in [7, 11) is 0. The Morgan fingerprint density at radius 1 is 1.07 bits per heavy atom. The van der Waals surface area contributed by atoms with Gasteiger partial charge in [-0.3, -0.25) is 0 Å². The Hall–Kier alpha value is 0.511. The first kappa shape index (κ1) is 14.5. The van der Waals surface area contributed by atoms with Crippen LogP contribution in [0.2, 0.25) is 0 Å².